The highest BCUT2D eigenvalue weighted by Crippen LogP contribution is 2.22. The van der Waals surface area contributed by atoms with Crippen LogP contribution in [-0.4, -0.2) is 43.2 Å². The molecule has 2 fully saturated rings. The number of rotatable bonds is 6. The van der Waals surface area contributed by atoms with Gasteiger partial charge in [-0.05, 0) is 43.6 Å². The van der Waals surface area contributed by atoms with Gasteiger partial charge in [-0.25, -0.2) is 0 Å². The largest absolute Gasteiger partial charge is 0.387 e. The monoisotopic (exact) mass is 353 g/mol. The van der Waals surface area contributed by atoms with Gasteiger partial charge in [0, 0.05) is 32.4 Å². The summed E-state index contributed by atoms with van der Waals surface area (Å²) >= 11 is 0. The Hall–Kier alpha value is -2.32. The second-order valence-corrected chi connectivity index (χ2v) is 7.14. The highest BCUT2D eigenvalue weighted by molar-refractivity contribution is 5.97. The number of amides is 1. The number of benzene rings is 1. The Bertz CT molecular complexity index is 652. The zero-order valence-corrected chi connectivity index (χ0v) is 15.2. The first-order chi connectivity index (χ1) is 12.8. The van der Waals surface area contributed by atoms with Gasteiger partial charge in [0.2, 0.25) is 0 Å². The molecule has 1 atom stereocenters. The van der Waals surface area contributed by atoms with Crippen molar-refractivity contribution in [2.45, 2.75) is 38.2 Å². The summed E-state index contributed by atoms with van der Waals surface area (Å²) in [5.74, 6) is 0.444. The van der Waals surface area contributed by atoms with Crippen LogP contribution in [0, 0.1) is 17.2 Å². The molecule has 0 saturated carbocycles. The van der Waals surface area contributed by atoms with Crippen LogP contribution >= 0.6 is 0 Å². The molecule has 1 aromatic rings. The van der Waals surface area contributed by atoms with Crippen LogP contribution in [0.25, 0.3) is 0 Å². The van der Waals surface area contributed by atoms with Crippen LogP contribution in [-0.2, 0) is 16.0 Å². The predicted octanol–water partition coefficient (Wildman–Crippen LogP) is 2.64. The van der Waals surface area contributed by atoms with E-state index in [2.05, 4.69) is 29.6 Å². The van der Waals surface area contributed by atoms with Gasteiger partial charge in [0.05, 0.1) is 6.10 Å². The first kappa shape index (κ1) is 18.5. The number of piperidine rings is 1. The van der Waals surface area contributed by atoms with Gasteiger partial charge in [0.15, 0.2) is 0 Å². The maximum atomic E-state index is 12.6. The summed E-state index contributed by atoms with van der Waals surface area (Å²) in [5, 5.41) is 12.4. The zero-order chi connectivity index (χ0) is 18.2. The Kier molecular flexibility index (Phi) is 6.68. The third-order valence-electron chi connectivity index (χ3n) is 5.24. The van der Waals surface area contributed by atoms with Crippen LogP contribution in [0.15, 0.2) is 42.1 Å². The van der Waals surface area contributed by atoms with Gasteiger partial charge < -0.3 is 15.0 Å². The van der Waals surface area contributed by atoms with Crippen LogP contribution in [0.4, 0.5) is 0 Å². The predicted molar refractivity (Wildman–Crippen MR) is 100 cm³/mol. The third-order valence-corrected chi connectivity index (χ3v) is 5.24. The summed E-state index contributed by atoms with van der Waals surface area (Å²) in [5.41, 5.74) is 1.54. The van der Waals surface area contributed by atoms with E-state index >= 15 is 0 Å². The summed E-state index contributed by atoms with van der Waals surface area (Å²) in [7, 11) is 0. The minimum atomic E-state index is -0.162. The van der Waals surface area contributed by atoms with Crippen LogP contribution in [0.3, 0.4) is 0 Å². The van der Waals surface area contributed by atoms with Crippen molar-refractivity contribution in [2.75, 3.05) is 26.2 Å². The maximum Gasteiger partial charge on any atom is 0.265 e. The van der Waals surface area contributed by atoms with Gasteiger partial charge in [-0.15, -0.1) is 0 Å². The molecule has 0 radical (unpaired) electrons. The van der Waals surface area contributed by atoms with Gasteiger partial charge in [0.25, 0.3) is 5.91 Å². The van der Waals surface area contributed by atoms with Gasteiger partial charge >= 0.3 is 0 Å². The number of carbonyl (C=O) groups excluding carboxylic acids is 1. The first-order valence-corrected chi connectivity index (χ1v) is 9.54. The normalized spacial score (nSPS) is 21.4. The molecule has 2 aliphatic heterocycles. The molecule has 0 aliphatic carbocycles. The second kappa shape index (κ2) is 9.40. The number of nitrogens with zero attached hydrogens (tertiary/aromatic N) is 2. The summed E-state index contributed by atoms with van der Waals surface area (Å²) in [4.78, 5) is 14.4. The molecule has 5 heteroatoms. The second-order valence-electron chi connectivity index (χ2n) is 7.14. The Labute approximate surface area is 155 Å². The van der Waals surface area contributed by atoms with Crippen LogP contribution < -0.4 is 5.32 Å². The van der Waals surface area contributed by atoms with E-state index in [4.69, 9.17) is 4.74 Å². The summed E-state index contributed by atoms with van der Waals surface area (Å²) < 4.78 is 5.54. The van der Waals surface area contributed by atoms with Crippen LogP contribution in [0.5, 0.6) is 0 Å². The van der Waals surface area contributed by atoms with E-state index in [9.17, 15) is 10.1 Å². The summed E-state index contributed by atoms with van der Waals surface area (Å²) in [6.07, 6.45) is 6.90. The highest BCUT2D eigenvalue weighted by Gasteiger charge is 2.25. The van der Waals surface area contributed by atoms with Crippen molar-refractivity contribution in [3.8, 4) is 6.07 Å². The number of ether oxygens (including phenoxy) is 1. The molecule has 138 valence electrons. The quantitative estimate of drug-likeness (QED) is 0.631. The fraction of sp³-hybridized carbons (Fsp3) is 0.524. The van der Waals surface area contributed by atoms with E-state index < -0.39 is 0 Å². The summed E-state index contributed by atoms with van der Waals surface area (Å²) in [6.45, 7) is 2.90. The van der Waals surface area contributed by atoms with Crippen molar-refractivity contribution in [2.24, 2.45) is 5.92 Å². The van der Waals surface area contributed by atoms with E-state index in [1.54, 1.807) is 6.20 Å². The molecule has 0 aromatic heterocycles. The third kappa shape index (κ3) is 5.09. The molecule has 1 N–H and O–H groups in total. The topological polar surface area (TPSA) is 65.4 Å². The average Bonchev–Trinajstić information content (AvgIpc) is 3.20. The minimum absolute atomic E-state index is 0.162. The Balaban J connectivity index is 1.46. The van der Waals surface area contributed by atoms with Gasteiger partial charge in [-0.3, -0.25) is 4.79 Å². The molecule has 1 aromatic carbocycles. The number of nitrogens with one attached hydrogen (secondary N) is 1. The first-order valence-electron chi connectivity index (χ1n) is 9.54. The van der Waals surface area contributed by atoms with Crippen LogP contribution in [0.2, 0.25) is 0 Å². The van der Waals surface area contributed by atoms with Gasteiger partial charge in [0.1, 0.15) is 11.6 Å². The molecule has 1 amide bonds. The van der Waals surface area contributed by atoms with Crippen molar-refractivity contribution in [3.63, 3.8) is 0 Å². The van der Waals surface area contributed by atoms with Crippen molar-refractivity contribution < 1.29 is 9.53 Å². The van der Waals surface area contributed by atoms with Crippen molar-refractivity contribution in [1.29, 1.82) is 5.26 Å². The molecule has 2 saturated heterocycles. The Morgan fingerprint density at radius 1 is 1.27 bits per heavy atom. The van der Waals surface area contributed by atoms with Crippen molar-refractivity contribution in [3.05, 3.63) is 47.7 Å². The lowest BCUT2D eigenvalue weighted by atomic mass is 9.90. The Morgan fingerprint density at radius 3 is 2.69 bits per heavy atom. The van der Waals surface area contributed by atoms with E-state index in [0.29, 0.717) is 12.5 Å². The van der Waals surface area contributed by atoms with Crippen LogP contribution in [0.1, 0.15) is 31.2 Å². The molecular formula is C21H27N3O2. The molecule has 2 aliphatic rings. The SMILES string of the molecule is N#C/C(=C/NCC1CCCO1)C(=O)N1CCC(Cc2ccccc2)CC1. The molecule has 1 unspecified atom stereocenters. The number of likely N-dealkylation sites (tertiary alicyclic amines) is 1. The molecular weight excluding hydrogens is 326 g/mol. The number of carbonyl (C=O) groups is 1. The fourth-order valence-electron chi connectivity index (χ4n) is 3.70. The molecule has 0 bridgehead atoms. The lowest BCUT2D eigenvalue weighted by molar-refractivity contribution is -0.128. The lowest BCUT2D eigenvalue weighted by Gasteiger charge is -2.32. The highest BCUT2D eigenvalue weighted by atomic mass is 16.5. The van der Waals surface area contributed by atoms with Gasteiger partial charge in [-0.1, -0.05) is 30.3 Å². The van der Waals surface area contributed by atoms with E-state index in [1.165, 1.54) is 5.56 Å². The molecule has 5 nitrogen and oxygen atoms in total. The standard InChI is InChI=1S/C21H27N3O2/c22-14-19(15-23-16-20-7-4-12-26-20)21(25)24-10-8-18(9-11-24)13-17-5-2-1-3-6-17/h1-3,5-6,15,18,20,23H,4,7-13,16H2/b19-15-. The smallest absolute Gasteiger partial charge is 0.265 e. The molecule has 0 spiro atoms. The van der Waals surface area contributed by atoms with Crippen molar-refractivity contribution >= 4 is 5.91 Å². The molecule has 2 heterocycles. The minimum Gasteiger partial charge on any atom is -0.387 e. The fourth-order valence-corrected chi connectivity index (χ4v) is 3.70. The summed E-state index contributed by atoms with van der Waals surface area (Å²) in [6, 6.07) is 12.5. The van der Waals surface area contributed by atoms with Gasteiger partial charge in [-0.2, -0.15) is 5.26 Å². The van der Waals surface area contributed by atoms with E-state index in [1.807, 2.05) is 17.0 Å². The molecule has 3 rings (SSSR count). The number of hydrogen-bond donors (Lipinski definition) is 1. The maximum absolute atomic E-state index is 12.6. The van der Waals surface area contributed by atoms with Crippen molar-refractivity contribution in [1.82, 2.24) is 10.2 Å². The number of hydrogen-bond acceptors (Lipinski definition) is 4. The molecule has 26 heavy (non-hydrogen) atoms. The number of nitriles is 1. The zero-order valence-electron chi connectivity index (χ0n) is 15.2. The average molecular weight is 353 g/mol. The lowest BCUT2D eigenvalue weighted by Crippen LogP contribution is -2.39. The van der Waals surface area contributed by atoms with E-state index in [-0.39, 0.29) is 17.6 Å². The van der Waals surface area contributed by atoms with E-state index in [0.717, 1.165) is 51.8 Å². The Morgan fingerprint density at radius 2 is 2.04 bits per heavy atom.